The van der Waals surface area contributed by atoms with Gasteiger partial charge in [-0.2, -0.15) is 0 Å². The fourth-order valence-electron chi connectivity index (χ4n) is 4.82. The third kappa shape index (κ3) is 3.27. The Morgan fingerprint density at radius 1 is 0.594 bits per heavy atom. The van der Waals surface area contributed by atoms with Gasteiger partial charge < -0.3 is 20.4 Å². The molecule has 6 nitrogen and oxygen atoms in total. The number of hydrogen-bond donors (Lipinski definition) is 4. The Bertz CT molecular complexity index is 1170. The Morgan fingerprint density at radius 2 is 0.969 bits per heavy atom. The van der Waals surface area contributed by atoms with E-state index in [0.29, 0.717) is 13.1 Å². The molecule has 0 saturated heterocycles. The fraction of sp³-hybridized carbons (Fsp3) is 0.308. The van der Waals surface area contributed by atoms with E-state index in [1.165, 1.54) is 11.1 Å². The zero-order valence-electron chi connectivity index (χ0n) is 18.4. The van der Waals surface area contributed by atoms with E-state index < -0.39 is 0 Å². The number of hydrogen-bond acceptors (Lipinski definition) is 4. The van der Waals surface area contributed by atoms with E-state index in [4.69, 9.17) is 0 Å². The molecule has 0 saturated carbocycles. The van der Waals surface area contributed by atoms with Crippen LogP contribution in [0, 0.1) is 0 Å². The molecule has 0 aliphatic heterocycles. The first-order chi connectivity index (χ1) is 15.3. The van der Waals surface area contributed by atoms with E-state index in [9.17, 15) is 20.4 Å². The van der Waals surface area contributed by atoms with Crippen LogP contribution in [0.15, 0.2) is 35.4 Å². The van der Waals surface area contributed by atoms with Crippen molar-refractivity contribution in [3.05, 3.63) is 68.8 Å². The van der Waals surface area contributed by atoms with Crippen LogP contribution in [0.2, 0.25) is 0 Å². The summed E-state index contributed by atoms with van der Waals surface area (Å²) in [6.07, 6.45) is 7.11. The van der Waals surface area contributed by atoms with Crippen molar-refractivity contribution >= 4 is 12.2 Å². The number of aromatic nitrogens is 2. The number of nitrogens with zero attached hydrogens (tertiary/aromatic N) is 2. The topological polar surface area (TPSA) is 90.8 Å². The highest BCUT2D eigenvalue weighted by atomic mass is 16.3. The molecule has 1 aromatic carbocycles. The van der Waals surface area contributed by atoms with E-state index in [1.807, 2.05) is 50.3 Å². The van der Waals surface area contributed by atoms with Gasteiger partial charge in [0.25, 0.3) is 0 Å². The Kier molecular flexibility index (Phi) is 4.81. The smallest absolute Gasteiger partial charge is 0.202 e. The minimum atomic E-state index is 0.0942. The molecule has 4 N–H and O–H groups in total. The maximum absolute atomic E-state index is 10.6. The first kappa shape index (κ1) is 20.4. The molecule has 0 radical (unpaired) electrons. The standard InChI is InChI=1S/C26H28N2O4/c1-15-3-9-19-21(11-15)25(31)27(23(19)29)13-17-5-7-18(8-6-17)14-28-24(30)20-10-4-16(2)12-22(20)26(28)32/h5-8,11-12,29-32H,3-4,9-10,13-14H2,1-2H3. The van der Waals surface area contributed by atoms with Gasteiger partial charge in [0.2, 0.25) is 11.8 Å². The Hall–Kier alpha value is -3.54. The molecule has 166 valence electrons. The molecule has 0 fully saturated rings. The second-order valence-corrected chi connectivity index (χ2v) is 9.05. The molecule has 32 heavy (non-hydrogen) atoms. The second-order valence-electron chi connectivity index (χ2n) is 9.05. The molecule has 6 heteroatoms. The Balaban J connectivity index is 1.38. The monoisotopic (exact) mass is 432 g/mol. The summed E-state index contributed by atoms with van der Waals surface area (Å²) in [5.74, 6) is 0.441. The van der Waals surface area contributed by atoms with Gasteiger partial charge in [-0.15, -0.1) is 0 Å². The van der Waals surface area contributed by atoms with Gasteiger partial charge in [-0.1, -0.05) is 47.6 Å². The summed E-state index contributed by atoms with van der Waals surface area (Å²) < 4.78 is 3.09. The van der Waals surface area contributed by atoms with Gasteiger partial charge in [0.1, 0.15) is 0 Å². The molecular weight excluding hydrogens is 404 g/mol. The van der Waals surface area contributed by atoms with Crippen LogP contribution in [-0.2, 0) is 25.9 Å². The number of fused-ring (bicyclic) bond motifs is 2. The summed E-state index contributed by atoms with van der Waals surface area (Å²) >= 11 is 0. The highest BCUT2D eigenvalue weighted by Crippen LogP contribution is 2.41. The molecular formula is C26H28N2O4. The van der Waals surface area contributed by atoms with Crippen molar-refractivity contribution < 1.29 is 20.4 Å². The van der Waals surface area contributed by atoms with Gasteiger partial charge in [-0.25, -0.2) is 0 Å². The van der Waals surface area contributed by atoms with Crippen molar-refractivity contribution in [3.8, 4) is 23.5 Å². The highest BCUT2D eigenvalue weighted by molar-refractivity contribution is 5.68. The van der Waals surface area contributed by atoms with Gasteiger partial charge in [-0.3, -0.25) is 9.13 Å². The molecule has 2 heterocycles. The summed E-state index contributed by atoms with van der Waals surface area (Å²) in [6, 6.07) is 7.76. The van der Waals surface area contributed by atoms with E-state index in [-0.39, 0.29) is 23.5 Å². The fourth-order valence-corrected chi connectivity index (χ4v) is 4.82. The first-order valence-corrected chi connectivity index (χ1v) is 11.0. The van der Waals surface area contributed by atoms with Gasteiger partial charge in [0, 0.05) is 22.3 Å². The Morgan fingerprint density at radius 3 is 1.34 bits per heavy atom. The van der Waals surface area contributed by atoms with Crippen molar-refractivity contribution in [1.82, 2.24) is 9.13 Å². The number of benzene rings is 1. The van der Waals surface area contributed by atoms with Gasteiger partial charge >= 0.3 is 0 Å². The van der Waals surface area contributed by atoms with Crippen molar-refractivity contribution in [3.63, 3.8) is 0 Å². The van der Waals surface area contributed by atoms with E-state index >= 15 is 0 Å². The molecule has 0 spiro atoms. The molecule has 3 aromatic rings. The van der Waals surface area contributed by atoms with Crippen LogP contribution >= 0.6 is 0 Å². The number of allylic oxidation sites excluding steroid dienone is 2. The molecule has 2 aliphatic rings. The lowest BCUT2D eigenvalue weighted by Gasteiger charge is -2.10. The lowest BCUT2D eigenvalue weighted by Crippen LogP contribution is -2.01. The lowest BCUT2D eigenvalue weighted by molar-refractivity contribution is 0.373. The average Bonchev–Trinajstić information content (AvgIpc) is 3.15. The van der Waals surface area contributed by atoms with Gasteiger partial charge in [0.05, 0.1) is 13.1 Å². The second kappa shape index (κ2) is 7.55. The van der Waals surface area contributed by atoms with Crippen molar-refractivity contribution in [2.75, 3.05) is 0 Å². The summed E-state index contributed by atoms with van der Waals surface area (Å²) in [5, 5.41) is 42.5. The van der Waals surface area contributed by atoms with Crippen LogP contribution in [0.25, 0.3) is 12.2 Å². The molecule has 2 aromatic heterocycles. The number of aromatic hydroxyl groups is 4. The summed E-state index contributed by atoms with van der Waals surface area (Å²) in [6.45, 7) is 4.78. The van der Waals surface area contributed by atoms with E-state index in [2.05, 4.69) is 0 Å². The van der Waals surface area contributed by atoms with Crippen LogP contribution in [0.5, 0.6) is 23.5 Å². The van der Waals surface area contributed by atoms with Crippen LogP contribution in [0.1, 0.15) is 60.1 Å². The van der Waals surface area contributed by atoms with E-state index in [0.717, 1.165) is 59.1 Å². The van der Waals surface area contributed by atoms with Gasteiger partial charge in [0.15, 0.2) is 11.8 Å². The zero-order valence-corrected chi connectivity index (χ0v) is 18.4. The van der Waals surface area contributed by atoms with Crippen molar-refractivity contribution in [2.24, 2.45) is 0 Å². The molecule has 0 unspecified atom stereocenters. The third-order valence-corrected chi connectivity index (χ3v) is 6.72. The first-order valence-electron chi connectivity index (χ1n) is 11.0. The normalized spacial score (nSPS) is 15.2. The minimum Gasteiger partial charge on any atom is -0.494 e. The van der Waals surface area contributed by atoms with Crippen LogP contribution in [-0.4, -0.2) is 29.6 Å². The predicted molar refractivity (Wildman–Crippen MR) is 124 cm³/mol. The average molecular weight is 433 g/mol. The Labute approximate surface area is 187 Å². The van der Waals surface area contributed by atoms with Gasteiger partial charge in [-0.05, 0) is 50.7 Å². The van der Waals surface area contributed by atoms with Crippen LogP contribution in [0.3, 0.4) is 0 Å². The van der Waals surface area contributed by atoms with Crippen molar-refractivity contribution in [1.29, 1.82) is 0 Å². The van der Waals surface area contributed by atoms with Crippen LogP contribution < -0.4 is 0 Å². The molecule has 0 amide bonds. The third-order valence-electron chi connectivity index (χ3n) is 6.72. The molecule has 2 aliphatic carbocycles. The highest BCUT2D eigenvalue weighted by Gasteiger charge is 2.25. The lowest BCUT2D eigenvalue weighted by atomic mass is 9.96. The molecule has 0 atom stereocenters. The summed E-state index contributed by atoms with van der Waals surface area (Å²) in [4.78, 5) is 0. The minimum absolute atomic E-state index is 0.0942. The molecule has 5 rings (SSSR count). The zero-order chi connectivity index (χ0) is 22.6. The molecule has 0 bridgehead atoms. The number of rotatable bonds is 4. The largest absolute Gasteiger partial charge is 0.494 e. The predicted octanol–water partition coefficient (Wildman–Crippen LogP) is 4.91. The van der Waals surface area contributed by atoms with E-state index in [1.54, 1.807) is 9.13 Å². The maximum Gasteiger partial charge on any atom is 0.202 e. The van der Waals surface area contributed by atoms with Crippen LogP contribution in [0.4, 0.5) is 0 Å². The van der Waals surface area contributed by atoms with Crippen molar-refractivity contribution in [2.45, 2.75) is 52.6 Å². The summed E-state index contributed by atoms with van der Waals surface area (Å²) in [5.41, 5.74) is 7.30. The SMILES string of the molecule is CC1=Cc2c(c(O)n(Cc3ccc(Cn4c(O)c5c(c4O)CCC(C)=C5)cc3)c2O)CC1. The summed E-state index contributed by atoms with van der Waals surface area (Å²) in [7, 11) is 0. The maximum atomic E-state index is 10.6. The quantitative estimate of drug-likeness (QED) is 0.472.